The Morgan fingerprint density at radius 2 is 1.96 bits per heavy atom. The number of nitrogens with one attached hydrogen (secondary N) is 1. The first-order valence-corrected chi connectivity index (χ1v) is 6.82. The summed E-state index contributed by atoms with van der Waals surface area (Å²) < 4.78 is 7.51. The van der Waals surface area contributed by atoms with Crippen LogP contribution in [0.5, 0.6) is 0 Å². The molecule has 0 bridgehead atoms. The first-order valence-electron chi connectivity index (χ1n) is 6.82. The van der Waals surface area contributed by atoms with E-state index in [1.54, 1.807) is 19.1 Å². The van der Waals surface area contributed by atoms with Gasteiger partial charge in [0.1, 0.15) is 11.4 Å². The zero-order chi connectivity index (χ0) is 16.7. The van der Waals surface area contributed by atoms with Gasteiger partial charge in [-0.05, 0) is 25.1 Å². The molecule has 3 aromatic rings. The number of amides is 1. The second kappa shape index (κ2) is 5.24. The molecular formula is C15H14N4O4. The summed E-state index contributed by atoms with van der Waals surface area (Å²) in [6.45, 7) is 1.73. The minimum Gasteiger partial charge on any atom is -0.456 e. The van der Waals surface area contributed by atoms with E-state index in [0.29, 0.717) is 11.4 Å². The van der Waals surface area contributed by atoms with Crippen LogP contribution >= 0.6 is 0 Å². The van der Waals surface area contributed by atoms with Crippen LogP contribution in [0.2, 0.25) is 0 Å². The monoisotopic (exact) mass is 314 g/mol. The van der Waals surface area contributed by atoms with E-state index in [9.17, 15) is 14.4 Å². The van der Waals surface area contributed by atoms with Gasteiger partial charge in [0, 0.05) is 14.1 Å². The van der Waals surface area contributed by atoms with E-state index >= 15 is 0 Å². The minimum atomic E-state index is -0.472. The first-order chi connectivity index (χ1) is 10.9. The molecule has 0 aliphatic heterocycles. The lowest BCUT2D eigenvalue weighted by atomic mass is 10.3. The average Bonchev–Trinajstić information content (AvgIpc) is 2.97. The van der Waals surface area contributed by atoms with Crippen LogP contribution in [0, 0.1) is 6.92 Å². The second-order valence-corrected chi connectivity index (χ2v) is 5.17. The van der Waals surface area contributed by atoms with E-state index in [1.165, 1.54) is 30.9 Å². The largest absolute Gasteiger partial charge is 0.456 e. The number of nitrogens with zero attached hydrogens (tertiary/aromatic N) is 3. The van der Waals surface area contributed by atoms with E-state index < -0.39 is 17.2 Å². The van der Waals surface area contributed by atoms with Crippen molar-refractivity contribution < 1.29 is 9.21 Å². The molecule has 0 unspecified atom stereocenters. The molecule has 0 radical (unpaired) electrons. The summed E-state index contributed by atoms with van der Waals surface area (Å²) in [6.07, 6.45) is 1.38. The van der Waals surface area contributed by atoms with Crippen molar-refractivity contribution in [2.45, 2.75) is 6.92 Å². The Kier molecular flexibility index (Phi) is 3.36. The number of carbonyl (C=O) groups is 1. The number of rotatable bonds is 2. The number of furan rings is 1. The third-order valence-electron chi connectivity index (χ3n) is 3.52. The predicted molar refractivity (Wildman–Crippen MR) is 83.6 cm³/mol. The zero-order valence-corrected chi connectivity index (χ0v) is 12.8. The molecule has 8 nitrogen and oxygen atoms in total. The summed E-state index contributed by atoms with van der Waals surface area (Å²) in [6, 6.07) is 4.72. The molecule has 3 aromatic heterocycles. The lowest BCUT2D eigenvalue weighted by Crippen LogP contribution is -2.37. The number of carbonyl (C=O) groups excluding carboxylic acids is 1. The molecule has 8 heteroatoms. The van der Waals surface area contributed by atoms with E-state index in [4.69, 9.17) is 4.42 Å². The molecule has 3 rings (SSSR count). The van der Waals surface area contributed by atoms with Crippen molar-refractivity contribution in [2.24, 2.45) is 14.1 Å². The highest BCUT2D eigenvalue weighted by molar-refractivity contribution is 6.02. The maximum atomic E-state index is 12.2. The van der Waals surface area contributed by atoms with Crippen molar-refractivity contribution in [2.75, 3.05) is 5.32 Å². The Labute approximate surface area is 130 Å². The van der Waals surface area contributed by atoms with Crippen molar-refractivity contribution in [3.63, 3.8) is 0 Å². The van der Waals surface area contributed by atoms with Gasteiger partial charge in [0.2, 0.25) is 0 Å². The predicted octanol–water partition coefficient (Wildman–Crippen LogP) is 0.786. The Balaban J connectivity index is 2.05. The molecule has 0 aliphatic carbocycles. The Morgan fingerprint density at radius 1 is 1.22 bits per heavy atom. The summed E-state index contributed by atoms with van der Waals surface area (Å²) in [5.74, 6) is 0.340. The number of hydrogen-bond acceptors (Lipinski definition) is 5. The molecule has 0 aliphatic rings. The molecule has 23 heavy (non-hydrogen) atoms. The molecule has 118 valence electrons. The van der Waals surface area contributed by atoms with Crippen LogP contribution in [-0.4, -0.2) is 20.0 Å². The number of aryl methyl sites for hydroxylation is 2. The van der Waals surface area contributed by atoms with Crippen LogP contribution in [0.4, 0.5) is 5.69 Å². The van der Waals surface area contributed by atoms with Crippen molar-refractivity contribution >= 4 is 22.6 Å². The van der Waals surface area contributed by atoms with E-state index in [2.05, 4.69) is 10.3 Å². The fourth-order valence-corrected chi connectivity index (χ4v) is 2.28. The molecule has 0 spiro atoms. The number of hydrogen-bond donors (Lipinski definition) is 1. The van der Waals surface area contributed by atoms with Gasteiger partial charge in [-0.15, -0.1) is 0 Å². The van der Waals surface area contributed by atoms with Gasteiger partial charge in [0.05, 0.1) is 17.3 Å². The number of pyridine rings is 1. The van der Waals surface area contributed by atoms with Gasteiger partial charge < -0.3 is 9.73 Å². The van der Waals surface area contributed by atoms with Gasteiger partial charge in [-0.1, -0.05) is 0 Å². The van der Waals surface area contributed by atoms with Crippen LogP contribution in [-0.2, 0) is 14.1 Å². The Bertz CT molecular complexity index is 1040. The maximum Gasteiger partial charge on any atom is 0.332 e. The van der Waals surface area contributed by atoms with Crippen LogP contribution in [0.15, 0.2) is 38.4 Å². The van der Waals surface area contributed by atoms with Crippen LogP contribution in [0.3, 0.4) is 0 Å². The van der Waals surface area contributed by atoms with E-state index in [0.717, 1.165) is 4.57 Å². The third kappa shape index (κ3) is 2.44. The number of aromatic nitrogens is 3. The van der Waals surface area contributed by atoms with E-state index in [-0.39, 0.29) is 16.8 Å². The fourth-order valence-electron chi connectivity index (χ4n) is 2.28. The molecule has 0 fully saturated rings. The Morgan fingerprint density at radius 3 is 2.61 bits per heavy atom. The van der Waals surface area contributed by atoms with Crippen LogP contribution in [0.25, 0.3) is 11.0 Å². The topological polar surface area (TPSA) is 99.1 Å². The molecule has 0 aromatic carbocycles. The van der Waals surface area contributed by atoms with E-state index in [1.807, 2.05) is 0 Å². The van der Waals surface area contributed by atoms with Gasteiger partial charge in [-0.2, -0.15) is 0 Å². The highest BCUT2D eigenvalue weighted by atomic mass is 16.3. The van der Waals surface area contributed by atoms with Crippen LogP contribution < -0.4 is 16.6 Å². The number of anilines is 1. The smallest absolute Gasteiger partial charge is 0.332 e. The number of fused-ring (bicyclic) bond motifs is 1. The molecule has 3 heterocycles. The maximum absolute atomic E-state index is 12.2. The standard InChI is InChI=1S/C15H14N4O4/c1-8-4-5-11(23-8)13(20)17-9-6-10-12(16-7-9)18(2)15(22)19(3)14(10)21/h4-7H,1-3H3,(H,17,20). The molecule has 1 N–H and O–H groups in total. The molecule has 0 saturated heterocycles. The summed E-state index contributed by atoms with van der Waals surface area (Å²) in [5, 5.41) is 2.85. The third-order valence-corrected chi connectivity index (χ3v) is 3.52. The SMILES string of the molecule is Cc1ccc(C(=O)Nc2cnc3c(c2)c(=O)n(C)c(=O)n3C)o1. The van der Waals surface area contributed by atoms with Crippen molar-refractivity contribution in [3.05, 3.63) is 56.8 Å². The summed E-state index contributed by atoms with van der Waals surface area (Å²) in [4.78, 5) is 40.2. The highest BCUT2D eigenvalue weighted by Crippen LogP contribution is 2.14. The normalized spacial score (nSPS) is 10.9. The van der Waals surface area contributed by atoms with Crippen molar-refractivity contribution in [1.82, 2.24) is 14.1 Å². The van der Waals surface area contributed by atoms with Gasteiger partial charge in [-0.3, -0.25) is 18.7 Å². The average molecular weight is 314 g/mol. The van der Waals surface area contributed by atoms with Gasteiger partial charge in [-0.25, -0.2) is 9.78 Å². The van der Waals surface area contributed by atoms with Gasteiger partial charge in [0.15, 0.2) is 5.76 Å². The molecule has 0 saturated carbocycles. The Hall–Kier alpha value is -3.16. The molecular weight excluding hydrogens is 300 g/mol. The van der Waals surface area contributed by atoms with Crippen molar-refractivity contribution in [3.8, 4) is 0 Å². The summed E-state index contributed by atoms with van der Waals surface area (Å²) in [7, 11) is 2.92. The fraction of sp³-hybridized carbons (Fsp3) is 0.200. The minimum absolute atomic E-state index is 0.163. The lowest BCUT2D eigenvalue weighted by molar-refractivity contribution is 0.0995. The lowest BCUT2D eigenvalue weighted by Gasteiger charge is -2.08. The van der Waals surface area contributed by atoms with Crippen LogP contribution in [0.1, 0.15) is 16.3 Å². The van der Waals surface area contributed by atoms with Gasteiger partial charge in [0.25, 0.3) is 11.5 Å². The quantitative estimate of drug-likeness (QED) is 0.754. The van der Waals surface area contributed by atoms with Crippen molar-refractivity contribution in [1.29, 1.82) is 0 Å². The highest BCUT2D eigenvalue weighted by Gasteiger charge is 2.13. The molecule has 0 atom stereocenters. The second-order valence-electron chi connectivity index (χ2n) is 5.17. The zero-order valence-electron chi connectivity index (χ0n) is 12.8. The molecule has 1 amide bonds. The van der Waals surface area contributed by atoms with Gasteiger partial charge >= 0.3 is 5.69 Å². The summed E-state index contributed by atoms with van der Waals surface area (Å²) in [5.41, 5.74) is -0.337. The first kappa shape index (κ1) is 14.8. The summed E-state index contributed by atoms with van der Waals surface area (Å²) >= 11 is 0.